The molecule has 1 aromatic heterocycles. The van der Waals surface area contributed by atoms with Crippen LogP contribution in [0.25, 0.3) is 11.0 Å². The summed E-state index contributed by atoms with van der Waals surface area (Å²) in [6, 6.07) is 3.21. The number of aryl methyl sites for hydroxylation is 2. The first-order valence-electron chi connectivity index (χ1n) is 8.56. The van der Waals surface area contributed by atoms with E-state index in [1.165, 1.54) is 0 Å². The fourth-order valence-corrected chi connectivity index (χ4v) is 3.65. The molecule has 2 amide bonds. The maximum atomic E-state index is 14.2. The number of nitrogens with one attached hydrogen (secondary N) is 3. The first kappa shape index (κ1) is 20.4. The molecule has 28 heavy (non-hydrogen) atoms. The summed E-state index contributed by atoms with van der Waals surface area (Å²) in [5.74, 6) is -3.04. The highest BCUT2D eigenvalue weighted by Gasteiger charge is 2.68. The Morgan fingerprint density at radius 2 is 2.00 bits per heavy atom. The maximum Gasteiger partial charge on any atom is 0.440 e. The van der Waals surface area contributed by atoms with Gasteiger partial charge in [0.1, 0.15) is 0 Å². The Kier molecular flexibility index (Phi) is 4.83. The molecule has 7 nitrogen and oxygen atoms in total. The Balaban J connectivity index is 0.00000225. The van der Waals surface area contributed by atoms with Crippen LogP contribution in [0.4, 0.5) is 19.1 Å². The number of aromatic nitrogens is 2. The van der Waals surface area contributed by atoms with Crippen LogP contribution in [-0.2, 0) is 15.3 Å². The molecule has 4 rings (SSSR count). The van der Waals surface area contributed by atoms with Crippen LogP contribution in [0, 0.1) is 19.8 Å². The molecular weight excluding hydrogens is 399 g/mol. The molecule has 11 heteroatoms. The van der Waals surface area contributed by atoms with Crippen molar-refractivity contribution in [3.05, 3.63) is 23.3 Å². The largest absolute Gasteiger partial charge is 0.440 e. The fraction of sp³-hybridized carbons (Fsp3) is 0.471. The molecule has 2 aliphatic rings. The van der Waals surface area contributed by atoms with E-state index < -0.39 is 29.6 Å². The molecule has 152 valence electrons. The van der Waals surface area contributed by atoms with Gasteiger partial charge in [-0.2, -0.15) is 13.2 Å². The van der Waals surface area contributed by atoms with Crippen molar-refractivity contribution in [1.82, 2.24) is 20.2 Å². The van der Waals surface area contributed by atoms with Gasteiger partial charge in [-0.15, -0.1) is 12.4 Å². The Morgan fingerprint density at radius 1 is 1.32 bits per heavy atom. The standard InChI is InChI=1S/C17H18F3N5O2.ClH/c1-8-5-11-12(6-9(8)2)25-15(22-11)23-14(27)16(25,17(18,19)20)24-13(26)10-3-4-21-7-10;/h5-6,10,21H,3-4,7H2,1-2H3,(H,24,26)(H,22,23,27);1H. The number of alkyl halides is 3. The van der Waals surface area contributed by atoms with Crippen molar-refractivity contribution in [2.45, 2.75) is 32.1 Å². The summed E-state index contributed by atoms with van der Waals surface area (Å²) in [5, 5.41) is 7.12. The number of imidazole rings is 1. The summed E-state index contributed by atoms with van der Waals surface area (Å²) >= 11 is 0. The zero-order valence-electron chi connectivity index (χ0n) is 15.1. The van der Waals surface area contributed by atoms with Crippen molar-refractivity contribution in [3.8, 4) is 0 Å². The lowest BCUT2D eigenvalue weighted by Crippen LogP contribution is -2.64. The number of halogens is 4. The minimum absolute atomic E-state index is 0. The summed E-state index contributed by atoms with van der Waals surface area (Å²) in [7, 11) is 0. The summed E-state index contributed by atoms with van der Waals surface area (Å²) in [5.41, 5.74) is -1.15. The molecule has 1 fully saturated rings. The highest BCUT2D eigenvalue weighted by Crippen LogP contribution is 2.44. The van der Waals surface area contributed by atoms with Crippen LogP contribution in [0.2, 0.25) is 0 Å². The molecule has 0 spiro atoms. The number of nitrogens with zero attached hydrogens (tertiary/aromatic N) is 2. The monoisotopic (exact) mass is 417 g/mol. The maximum absolute atomic E-state index is 14.2. The highest BCUT2D eigenvalue weighted by atomic mass is 35.5. The van der Waals surface area contributed by atoms with Crippen molar-refractivity contribution in [3.63, 3.8) is 0 Å². The van der Waals surface area contributed by atoms with Gasteiger partial charge in [0.2, 0.25) is 11.9 Å². The van der Waals surface area contributed by atoms with Crippen LogP contribution >= 0.6 is 12.4 Å². The van der Waals surface area contributed by atoms with Gasteiger partial charge >= 0.3 is 6.18 Å². The second kappa shape index (κ2) is 6.63. The molecule has 3 heterocycles. The Bertz CT molecular complexity index is 968. The van der Waals surface area contributed by atoms with Crippen molar-refractivity contribution in [2.75, 3.05) is 18.4 Å². The molecular formula is C17H19ClF3N5O2. The van der Waals surface area contributed by atoms with Gasteiger partial charge in [-0.3, -0.25) is 19.5 Å². The van der Waals surface area contributed by atoms with Crippen LogP contribution in [-0.4, -0.2) is 40.6 Å². The zero-order valence-corrected chi connectivity index (χ0v) is 15.9. The number of carbonyl (C=O) groups is 2. The first-order chi connectivity index (χ1) is 12.6. The van der Waals surface area contributed by atoms with E-state index in [9.17, 15) is 22.8 Å². The van der Waals surface area contributed by atoms with E-state index in [0.29, 0.717) is 18.5 Å². The molecule has 1 aromatic carbocycles. The quantitative estimate of drug-likeness (QED) is 0.697. The van der Waals surface area contributed by atoms with Gasteiger partial charge in [0.15, 0.2) is 0 Å². The number of hydrogen-bond donors (Lipinski definition) is 3. The number of amides is 2. The summed E-state index contributed by atoms with van der Waals surface area (Å²) < 4.78 is 43.5. The number of hydrogen-bond acceptors (Lipinski definition) is 4. The number of rotatable bonds is 2. The van der Waals surface area contributed by atoms with E-state index in [0.717, 1.165) is 15.7 Å². The van der Waals surface area contributed by atoms with Crippen molar-refractivity contribution < 1.29 is 22.8 Å². The molecule has 2 aliphatic heterocycles. The highest BCUT2D eigenvalue weighted by molar-refractivity contribution is 6.05. The van der Waals surface area contributed by atoms with Crippen LogP contribution in [0.1, 0.15) is 17.5 Å². The van der Waals surface area contributed by atoms with Crippen molar-refractivity contribution in [1.29, 1.82) is 0 Å². The smallest absolute Gasteiger partial charge is 0.317 e. The third-order valence-corrected chi connectivity index (χ3v) is 5.30. The van der Waals surface area contributed by atoms with E-state index in [4.69, 9.17) is 0 Å². The van der Waals surface area contributed by atoms with E-state index in [2.05, 4.69) is 15.6 Å². The minimum atomic E-state index is -5.06. The normalized spacial score (nSPS) is 24.0. The second-order valence-electron chi connectivity index (χ2n) is 7.04. The fourth-order valence-electron chi connectivity index (χ4n) is 3.65. The van der Waals surface area contributed by atoms with Gasteiger partial charge in [0.05, 0.1) is 17.0 Å². The second-order valence-corrected chi connectivity index (χ2v) is 7.04. The first-order valence-corrected chi connectivity index (χ1v) is 8.56. The summed E-state index contributed by atoms with van der Waals surface area (Å²) in [6.07, 6.45) is -4.65. The summed E-state index contributed by atoms with van der Waals surface area (Å²) in [4.78, 5) is 29.1. The predicted octanol–water partition coefficient (Wildman–Crippen LogP) is 1.97. The van der Waals surface area contributed by atoms with Crippen LogP contribution in [0.15, 0.2) is 12.1 Å². The molecule has 0 saturated carbocycles. The Labute approximate surface area is 164 Å². The number of carbonyl (C=O) groups excluding carboxylic acids is 2. The number of fused-ring (bicyclic) bond motifs is 3. The van der Waals surface area contributed by atoms with Crippen LogP contribution in [0.3, 0.4) is 0 Å². The lowest BCUT2D eigenvalue weighted by Gasteiger charge is -2.32. The van der Waals surface area contributed by atoms with Gasteiger partial charge in [0, 0.05) is 6.54 Å². The lowest BCUT2D eigenvalue weighted by atomic mass is 10.0. The van der Waals surface area contributed by atoms with Crippen molar-refractivity contribution in [2.24, 2.45) is 5.92 Å². The molecule has 0 radical (unpaired) electrons. The summed E-state index contributed by atoms with van der Waals surface area (Å²) in [6.45, 7) is 4.40. The van der Waals surface area contributed by atoms with E-state index in [1.807, 2.05) is 12.2 Å². The molecule has 2 unspecified atom stereocenters. The molecule has 0 aliphatic carbocycles. The molecule has 1 saturated heterocycles. The average molecular weight is 418 g/mol. The molecule has 3 N–H and O–H groups in total. The average Bonchev–Trinajstić information content (AvgIpc) is 3.25. The van der Waals surface area contributed by atoms with Crippen molar-refractivity contribution >= 4 is 41.2 Å². The molecule has 2 aromatic rings. The van der Waals surface area contributed by atoms with Gasteiger partial charge in [0.25, 0.3) is 11.6 Å². The van der Waals surface area contributed by atoms with Gasteiger partial charge in [-0.1, -0.05) is 0 Å². The van der Waals surface area contributed by atoms with Crippen LogP contribution in [0.5, 0.6) is 0 Å². The minimum Gasteiger partial charge on any atom is -0.317 e. The van der Waals surface area contributed by atoms with Gasteiger partial charge in [-0.25, -0.2) is 4.98 Å². The number of anilines is 1. The van der Waals surface area contributed by atoms with E-state index in [1.54, 1.807) is 19.1 Å². The third kappa shape index (κ3) is 2.74. The van der Waals surface area contributed by atoms with Crippen LogP contribution < -0.4 is 16.0 Å². The van der Waals surface area contributed by atoms with Gasteiger partial charge < -0.3 is 10.6 Å². The Morgan fingerprint density at radius 3 is 2.61 bits per heavy atom. The number of benzene rings is 1. The predicted molar refractivity (Wildman–Crippen MR) is 98.2 cm³/mol. The van der Waals surface area contributed by atoms with E-state index in [-0.39, 0.29) is 30.4 Å². The topological polar surface area (TPSA) is 88.1 Å². The Hall–Kier alpha value is -2.33. The molecule has 2 atom stereocenters. The lowest BCUT2D eigenvalue weighted by molar-refractivity contribution is -0.218. The SMILES string of the molecule is Cc1cc2nc3n(c2cc1C)C(NC(=O)C1CCNC1)(C(F)(F)F)C(=O)N3.Cl. The third-order valence-electron chi connectivity index (χ3n) is 5.30. The van der Waals surface area contributed by atoms with Gasteiger partial charge in [-0.05, 0) is 50.1 Å². The molecule has 0 bridgehead atoms. The zero-order chi connectivity index (χ0) is 19.6. The van der Waals surface area contributed by atoms with E-state index >= 15 is 0 Å².